The van der Waals surface area contributed by atoms with Crippen molar-refractivity contribution < 1.29 is 28.8 Å². The molecule has 4 rings (SSSR count). The van der Waals surface area contributed by atoms with Crippen LogP contribution in [-0.2, 0) is 9.53 Å². The molecule has 2 aromatic carbocycles. The van der Waals surface area contributed by atoms with Gasteiger partial charge < -0.3 is 19.7 Å². The zero-order chi connectivity index (χ0) is 22.7. The number of aromatic nitrogens is 1. The molecule has 9 nitrogen and oxygen atoms in total. The first-order valence-corrected chi connectivity index (χ1v) is 10.0. The van der Waals surface area contributed by atoms with E-state index in [1.54, 1.807) is 6.92 Å². The fourth-order valence-electron chi connectivity index (χ4n) is 3.79. The molecule has 1 aliphatic carbocycles. The quantitative estimate of drug-likeness (QED) is 0.516. The van der Waals surface area contributed by atoms with E-state index in [1.807, 2.05) is 48.5 Å². The summed E-state index contributed by atoms with van der Waals surface area (Å²) in [6.45, 7) is 1.69. The van der Waals surface area contributed by atoms with Crippen LogP contribution in [0.3, 0.4) is 0 Å². The molecule has 3 N–H and O–H groups in total. The van der Waals surface area contributed by atoms with Crippen LogP contribution in [0.5, 0.6) is 0 Å². The van der Waals surface area contributed by atoms with Gasteiger partial charge in [-0.3, -0.25) is 14.9 Å². The number of carbonyl (C=O) groups is 3. The summed E-state index contributed by atoms with van der Waals surface area (Å²) in [5.41, 5.74) is 4.35. The van der Waals surface area contributed by atoms with Crippen molar-refractivity contribution in [1.82, 2.24) is 10.5 Å². The molecule has 2 amide bonds. The van der Waals surface area contributed by atoms with E-state index in [1.165, 1.54) is 6.07 Å². The summed E-state index contributed by atoms with van der Waals surface area (Å²) in [5.74, 6) is -1.78. The van der Waals surface area contributed by atoms with Crippen molar-refractivity contribution >= 4 is 23.9 Å². The maximum absolute atomic E-state index is 12.3. The van der Waals surface area contributed by atoms with Crippen LogP contribution in [0.4, 0.5) is 10.7 Å². The number of carboxylic acid groups (broad SMARTS) is 1. The molecule has 1 atom stereocenters. The van der Waals surface area contributed by atoms with Gasteiger partial charge in [0.05, 0.1) is 6.42 Å². The summed E-state index contributed by atoms with van der Waals surface area (Å²) in [5, 5.41) is 17.3. The monoisotopic (exact) mass is 435 g/mol. The molecule has 0 aliphatic heterocycles. The van der Waals surface area contributed by atoms with Crippen molar-refractivity contribution in [1.29, 1.82) is 0 Å². The van der Waals surface area contributed by atoms with Gasteiger partial charge in [-0.2, -0.15) is 0 Å². The summed E-state index contributed by atoms with van der Waals surface area (Å²) < 4.78 is 10.4. The Labute approximate surface area is 183 Å². The maximum atomic E-state index is 12.3. The van der Waals surface area contributed by atoms with Gasteiger partial charge in [-0.1, -0.05) is 53.7 Å². The number of hydrogen-bond acceptors (Lipinski definition) is 6. The Morgan fingerprint density at radius 2 is 1.72 bits per heavy atom. The van der Waals surface area contributed by atoms with Gasteiger partial charge in [-0.05, 0) is 29.2 Å². The molecule has 0 radical (unpaired) electrons. The topological polar surface area (TPSA) is 131 Å². The van der Waals surface area contributed by atoms with Crippen molar-refractivity contribution in [2.24, 2.45) is 0 Å². The van der Waals surface area contributed by atoms with Crippen LogP contribution >= 0.6 is 0 Å². The molecule has 1 heterocycles. The van der Waals surface area contributed by atoms with Gasteiger partial charge in [0.2, 0.25) is 5.88 Å². The SMILES string of the molecule is CC(CC(=O)O)NC(=O)c1cc(NC(=O)OCC2c3ccccc3-c3ccccc32)on1. The largest absolute Gasteiger partial charge is 0.481 e. The second-order valence-electron chi connectivity index (χ2n) is 7.50. The Bertz CT molecular complexity index is 1130. The van der Waals surface area contributed by atoms with Gasteiger partial charge in [0, 0.05) is 18.0 Å². The lowest BCUT2D eigenvalue weighted by molar-refractivity contribution is -0.137. The molecule has 0 fully saturated rings. The average molecular weight is 435 g/mol. The number of carbonyl (C=O) groups excluding carboxylic acids is 2. The van der Waals surface area contributed by atoms with E-state index < -0.39 is 24.0 Å². The number of ether oxygens (including phenoxy) is 1. The number of benzene rings is 2. The standard InChI is InChI=1S/C23H21N3O6/c1-13(10-21(27)28)24-22(29)19-11-20(32-26-19)25-23(30)31-12-18-16-8-4-2-6-14(16)15-7-3-5-9-17(15)18/h2-9,11,13,18H,10,12H2,1H3,(H,24,29)(H,25,30)(H,27,28). The molecule has 0 saturated heterocycles. The predicted molar refractivity (Wildman–Crippen MR) is 114 cm³/mol. The molecule has 1 aromatic heterocycles. The summed E-state index contributed by atoms with van der Waals surface area (Å²) >= 11 is 0. The van der Waals surface area contributed by atoms with Crippen molar-refractivity contribution in [2.45, 2.75) is 25.3 Å². The Hall–Kier alpha value is -4.14. The fraction of sp³-hybridized carbons (Fsp3) is 0.217. The molecule has 1 unspecified atom stereocenters. The molecule has 164 valence electrons. The lowest BCUT2D eigenvalue weighted by Crippen LogP contribution is -2.34. The Balaban J connectivity index is 1.35. The number of carboxylic acids is 1. The number of anilines is 1. The van der Waals surface area contributed by atoms with Gasteiger partial charge in [-0.25, -0.2) is 4.79 Å². The zero-order valence-electron chi connectivity index (χ0n) is 17.2. The van der Waals surface area contributed by atoms with Crippen LogP contribution in [0.1, 0.15) is 40.9 Å². The number of hydrogen-bond donors (Lipinski definition) is 3. The first-order chi connectivity index (χ1) is 15.4. The second kappa shape index (κ2) is 8.93. The fourth-order valence-corrected chi connectivity index (χ4v) is 3.79. The number of amides is 2. The van der Waals surface area contributed by atoms with Gasteiger partial charge in [0.1, 0.15) is 6.61 Å². The van der Waals surface area contributed by atoms with Crippen LogP contribution in [-0.4, -0.2) is 40.9 Å². The summed E-state index contributed by atoms with van der Waals surface area (Å²) in [6.07, 6.45) is -0.969. The number of nitrogens with one attached hydrogen (secondary N) is 2. The maximum Gasteiger partial charge on any atom is 0.414 e. The molecule has 9 heteroatoms. The third kappa shape index (κ3) is 4.46. The second-order valence-corrected chi connectivity index (χ2v) is 7.50. The van der Waals surface area contributed by atoms with Crippen LogP contribution in [0.25, 0.3) is 11.1 Å². The van der Waals surface area contributed by atoms with E-state index in [-0.39, 0.29) is 30.5 Å². The molecule has 1 aliphatic rings. The van der Waals surface area contributed by atoms with Crippen LogP contribution in [0.15, 0.2) is 59.1 Å². The Morgan fingerprint density at radius 1 is 1.09 bits per heavy atom. The van der Waals surface area contributed by atoms with Crippen molar-refractivity contribution in [2.75, 3.05) is 11.9 Å². The zero-order valence-corrected chi connectivity index (χ0v) is 17.2. The lowest BCUT2D eigenvalue weighted by atomic mass is 9.98. The van der Waals surface area contributed by atoms with Crippen molar-refractivity contribution in [3.63, 3.8) is 0 Å². The molecule has 0 spiro atoms. The normalized spacial score (nSPS) is 13.0. The van der Waals surface area contributed by atoms with E-state index in [9.17, 15) is 14.4 Å². The Morgan fingerprint density at radius 3 is 2.34 bits per heavy atom. The first-order valence-electron chi connectivity index (χ1n) is 10.0. The van der Waals surface area contributed by atoms with Gasteiger partial charge in [0.25, 0.3) is 5.91 Å². The number of fused-ring (bicyclic) bond motifs is 3. The van der Waals surface area contributed by atoms with Crippen molar-refractivity contribution in [3.05, 3.63) is 71.4 Å². The summed E-state index contributed by atoms with van der Waals surface area (Å²) in [6, 6.07) is 16.7. The third-order valence-electron chi connectivity index (χ3n) is 5.17. The number of nitrogens with zero attached hydrogens (tertiary/aromatic N) is 1. The Kier molecular flexibility index (Phi) is 5.89. The molecular weight excluding hydrogens is 414 g/mol. The van der Waals surface area contributed by atoms with E-state index in [0.29, 0.717) is 0 Å². The van der Waals surface area contributed by atoms with Gasteiger partial charge >= 0.3 is 12.1 Å². The minimum Gasteiger partial charge on any atom is -0.481 e. The highest BCUT2D eigenvalue weighted by atomic mass is 16.6. The van der Waals surface area contributed by atoms with Gasteiger partial charge in [0.15, 0.2) is 5.69 Å². The molecule has 32 heavy (non-hydrogen) atoms. The predicted octanol–water partition coefficient (Wildman–Crippen LogP) is 3.63. The van der Waals surface area contributed by atoms with Crippen molar-refractivity contribution in [3.8, 4) is 11.1 Å². The summed E-state index contributed by atoms with van der Waals surface area (Å²) in [7, 11) is 0. The highest BCUT2D eigenvalue weighted by Gasteiger charge is 2.29. The molecule has 3 aromatic rings. The van der Waals surface area contributed by atoms with E-state index in [2.05, 4.69) is 15.8 Å². The van der Waals surface area contributed by atoms with Crippen LogP contribution in [0, 0.1) is 0 Å². The minimum atomic E-state index is -1.03. The van der Waals surface area contributed by atoms with E-state index >= 15 is 0 Å². The molecule has 0 bridgehead atoms. The minimum absolute atomic E-state index is 0.0572. The average Bonchev–Trinajstić information content (AvgIpc) is 3.34. The van der Waals surface area contributed by atoms with Crippen LogP contribution in [0.2, 0.25) is 0 Å². The number of aliphatic carboxylic acids is 1. The highest BCUT2D eigenvalue weighted by molar-refractivity contribution is 5.94. The lowest BCUT2D eigenvalue weighted by Gasteiger charge is -2.13. The van der Waals surface area contributed by atoms with Gasteiger partial charge in [-0.15, -0.1) is 0 Å². The first kappa shape index (κ1) is 21.1. The summed E-state index contributed by atoms with van der Waals surface area (Å²) in [4.78, 5) is 35.1. The smallest absolute Gasteiger partial charge is 0.414 e. The van der Waals surface area contributed by atoms with E-state index in [4.69, 9.17) is 14.4 Å². The molecular formula is C23H21N3O6. The van der Waals surface area contributed by atoms with Crippen LogP contribution < -0.4 is 10.6 Å². The highest BCUT2D eigenvalue weighted by Crippen LogP contribution is 2.44. The third-order valence-corrected chi connectivity index (χ3v) is 5.17. The number of rotatable bonds is 7. The van der Waals surface area contributed by atoms with E-state index in [0.717, 1.165) is 22.3 Å². The molecule has 0 saturated carbocycles.